The highest BCUT2D eigenvalue weighted by atomic mass is 32.1. The molecule has 442 valence electrons. The molecular weight excluding hydrogens is 1130 g/mol. The number of alkyl halides is 2. The van der Waals surface area contributed by atoms with Gasteiger partial charge in [0.25, 0.3) is 23.6 Å². The molecule has 0 radical (unpaired) electrons. The predicted molar refractivity (Wildman–Crippen MR) is 305 cm³/mol. The predicted octanol–water partition coefficient (Wildman–Crippen LogP) is 7.51. The summed E-state index contributed by atoms with van der Waals surface area (Å²) in [6.45, 7) is 6.20. The molecule has 9 rings (SSSR count). The zero-order chi connectivity index (χ0) is 60.1. The highest BCUT2D eigenvalue weighted by Gasteiger charge is 2.51. The number of thiophene rings is 1. The summed E-state index contributed by atoms with van der Waals surface area (Å²) in [4.78, 5) is 130. The Balaban J connectivity index is 0.772. The summed E-state index contributed by atoms with van der Waals surface area (Å²) in [7, 11) is -5.86. The Morgan fingerprint density at radius 1 is 0.881 bits per heavy atom. The van der Waals surface area contributed by atoms with E-state index in [-0.39, 0.29) is 85.3 Å². The molecule has 2 fully saturated rings. The second-order valence-electron chi connectivity index (χ2n) is 22.4. The van der Waals surface area contributed by atoms with E-state index in [1.165, 1.54) is 17.0 Å². The average Bonchev–Trinajstić information content (AvgIpc) is 1.74. The van der Waals surface area contributed by atoms with Crippen LogP contribution in [0.3, 0.4) is 0 Å². The number of ether oxygens (including phenoxy) is 2. The van der Waals surface area contributed by atoms with Gasteiger partial charge in [0.1, 0.15) is 30.0 Å². The minimum atomic E-state index is -5.86. The van der Waals surface area contributed by atoms with E-state index in [4.69, 9.17) is 9.47 Å². The van der Waals surface area contributed by atoms with Crippen LogP contribution in [0.1, 0.15) is 143 Å². The molecule has 0 aliphatic carbocycles. The molecular formula is C61H65F2N6O13PS. The van der Waals surface area contributed by atoms with Crippen molar-refractivity contribution >= 4 is 76.3 Å². The molecule has 0 saturated carbocycles. The van der Waals surface area contributed by atoms with Crippen LogP contribution < -0.4 is 20.7 Å². The fraction of sp³-hybridized carbons (Fsp3) is 0.410. The third kappa shape index (κ3) is 13.8. The molecule has 2 unspecified atom stereocenters. The molecule has 4 aromatic carbocycles. The van der Waals surface area contributed by atoms with E-state index in [9.17, 15) is 56.7 Å². The number of imide groups is 2. The van der Waals surface area contributed by atoms with Gasteiger partial charge in [0.2, 0.25) is 23.6 Å². The molecule has 4 atom stereocenters. The maximum atomic E-state index is 15.1. The average molecular weight is 1190 g/mol. The Bertz CT molecular complexity index is 3520. The molecule has 1 aromatic heterocycles. The molecule has 5 heterocycles. The van der Waals surface area contributed by atoms with Crippen molar-refractivity contribution in [2.75, 3.05) is 32.8 Å². The van der Waals surface area contributed by atoms with Crippen LogP contribution in [0.4, 0.5) is 8.78 Å². The zero-order valence-corrected chi connectivity index (χ0v) is 48.3. The first kappa shape index (κ1) is 60.9. The van der Waals surface area contributed by atoms with Gasteiger partial charge in [-0.1, -0.05) is 101 Å². The minimum Gasteiger partial charge on any atom is -0.484 e. The first-order valence-electron chi connectivity index (χ1n) is 27.9. The quantitative estimate of drug-likeness (QED) is 0.0233. The van der Waals surface area contributed by atoms with Crippen LogP contribution in [0.15, 0.2) is 91.0 Å². The Kier molecular flexibility index (Phi) is 18.6. The van der Waals surface area contributed by atoms with Gasteiger partial charge >= 0.3 is 13.3 Å². The zero-order valence-electron chi connectivity index (χ0n) is 46.6. The fourth-order valence-electron chi connectivity index (χ4n) is 10.7. The van der Waals surface area contributed by atoms with E-state index in [1.54, 1.807) is 56.0 Å². The lowest BCUT2D eigenvalue weighted by Gasteiger charge is -2.43. The second kappa shape index (κ2) is 25.7. The lowest BCUT2D eigenvalue weighted by molar-refractivity contribution is -0.153. The number of unbranched alkanes of at least 4 members (excludes halogenated alkanes) is 6. The molecule has 0 spiro atoms. The lowest BCUT2D eigenvalue weighted by Crippen LogP contribution is -2.61. The topological polar surface area (TPSA) is 258 Å². The molecule has 84 heavy (non-hydrogen) atoms. The molecule has 4 aliphatic heterocycles. The van der Waals surface area contributed by atoms with Gasteiger partial charge < -0.3 is 39.7 Å². The number of hydrogen-bond acceptors (Lipinski definition) is 12. The molecule has 5 aromatic rings. The van der Waals surface area contributed by atoms with Crippen LogP contribution in [0, 0.1) is 17.3 Å². The number of morpholine rings is 1. The van der Waals surface area contributed by atoms with E-state index in [1.807, 2.05) is 36.4 Å². The number of halogens is 2. The van der Waals surface area contributed by atoms with Crippen LogP contribution in [0.5, 0.6) is 5.75 Å². The molecule has 23 heteroatoms. The standard InChI is InChI=1S/C61H65F2N6O13PS/c1-60(2,3)53(66-55(73)50-33-40-30-42(20-24-49(40)84-50)61(62,63)83(78,79)80)59(77)68-34-41-31-43(21-19-39(41)32-47(68)58(76)67-27-28-81-48(35-67)38-16-12-10-13-17-38)82-36-52(71)64-26-14-9-7-5-4-6-8-11-15-37-18-22-44-45(29-37)57(75)69(56(44)74)46-23-25-51(70)65-54(46)72/h10,12-13,16-22,24,29-31,33,46-48,53H,4-9,14,23,25-28,32,34-36H2,1-3H3,(H,64,71)(H,66,73)(H,65,70,72)(H2,78,79,80)/t46?,47-,48-,53?/m0/s1. The van der Waals surface area contributed by atoms with Crippen molar-refractivity contribution in [1.82, 2.24) is 30.7 Å². The number of amides is 8. The van der Waals surface area contributed by atoms with Gasteiger partial charge in [0.05, 0.1) is 29.2 Å². The van der Waals surface area contributed by atoms with Crippen LogP contribution in [-0.2, 0) is 51.9 Å². The number of nitrogens with one attached hydrogen (secondary N) is 3. The first-order chi connectivity index (χ1) is 40.0. The number of fused-ring (bicyclic) bond motifs is 3. The van der Waals surface area contributed by atoms with E-state index >= 15 is 4.79 Å². The van der Waals surface area contributed by atoms with Gasteiger partial charge in [-0.05, 0) is 95.3 Å². The minimum absolute atomic E-state index is 0.0423. The van der Waals surface area contributed by atoms with Gasteiger partial charge in [-0.2, -0.15) is 8.78 Å². The molecule has 2 saturated heterocycles. The summed E-state index contributed by atoms with van der Waals surface area (Å²) < 4.78 is 53.4. The molecule has 0 bridgehead atoms. The lowest BCUT2D eigenvalue weighted by atomic mass is 9.84. The number of rotatable bonds is 19. The highest BCUT2D eigenvalue weighted by molar-refractivity contribution is 7.52. The van der Waals surface area contributed by atoms with Crippen molar-refractivity contribution in [3.8, 4) is 17.6 Å². The summed E-state index contributed by atoms with van der Waals surface area (Å²) in [5.41, 5.74) is -2.99. The van der Waals surface area contributed by atoms with Gasteiger partial charge in [-0.3, -0.25) is 53.1 Å². The Morgan fingerprint density at radius 3 is 2.36 bits per heavy atom. The van der Waals surface area contributed by atoms with Crippen molar-refractivity contribution in [2.24, 2.45) is 5.41 Å². The highest BCUT2D eigenvalue weighted by Crippen LogP contribution is 2.59. The molecule has 19 nitrogen and oxygen atoms in total. The number of benzene rings is 4. The first-order valence-corrected chi connectivity index (χ1v) is 30.3. The Labute approximate surface area is 488 Å². The maximum absolute atomic E-state index is 15.1. The van der Waals surface area contributed by atoms with Crippen LogP contribution in [0.25, 0.3) is 10.1 Å². The van der Waals surface area contributed by atoms with Crippen LogP contribution >= 0.6 is 18.9 Å². The largest absolute Gasteiger partial charge is 0.484 e. The summed E-state index contributed by atoms with van der Waals surface area (Å²) in [6, 6.07) is 20.7. The van der Waals surface area contributed by atoms with Crippen molar-refractivity contribution in [3.63, 3.8) is 0 Å². The van der Waals surface area contributed by atoms with Gasteiger partial charge in [-0.15, -0.1) is 11.3 Å². The van der Waals surface area contributed by atoms with E-state index < -0.39 is 83.9 Å². The fourth-order valence-corrected chi connectivity index (χ4v) is 12.2. The molecule has 5 N–H and O–H groups in total. The summed E-state index contributed by atoms with van der Waals surface area (Å²) in [5.74, 6) is 2.45. The van der Waals surface area contributed by atoms with Crippen molar-refractivity contribution in [1.29, 1.82) is 0 Å². The number of carbonyl (C=O) groups is 8. The monoisotopic (exact) mass is 1190 g/mol. The smallest absolute Gasteiger partial charge is 0.399 e. The molecule has 8 amide bonds. The Morgan fingerprint density at radius 2 is 1.62 bits per heavy atom. The van der Waals surface area contributed by atoms with E-state index in [2.05, 4.69) is 27.8 Å². The van der Waals surface area contributed by atoms with Gasteiger partial charge in [0, 0.05) is 54.7 Å². The SMILES string of the molecule is CC(C)(C)C(NC(=O)c1cc2cc(C(F)(F)P(=O)(O)O)ccc2s1)C(=O)N1Cc2cc(OCC(=O)NCCCCCCCCC#Cc3ccc4c(c3)C(=O)N(C3CCC(=O)NC3=O)C4=O)ccc2C[C@H]1C(=O)N1CCO[C@H](c2ccccc2)C1. The molecule has 4 aliphatic rings. The van der Waals surface area contributed by atoms with Crippen molar-refractivity contribution in [2.45, 2.75) is 121 Å². The second-order valence-corrected chi connectivity index (χ2v) is 25.1. The van der Waals surface area contributed by atoms with Gasteiger partial charge in [0.15, 0.2) is 6.61 Å². The third-order valence-corrected chi connectivity index (χ3v) is 17.5. The third-order valence-electron chi connectivity index (χ3n) is 15.4. The number of nitrogens with zero attached hydrogens (tertiary/aromatic N) is 3. The maximum Gasteiger partial charge on any atom is 0.399 e. The number of hydrogen-bond donors (Lipinski definition) is 5. The van der Waals surface area contributed by atoms with Crippen LogP contribution in [0.2, 0.25) is 0 Å². The van der Waals surface area contributed by atoms with Gasteiger partial charge in [-0.25, -0.2) is 0 Å². The van der Waals surface area contributed by atoms with Crippen molar-refractivity contribution in [3.05, 3.63) is 135 Å². The Hall–Kier alpha value is -7.67. The van der Waals surface area contributed by atoms with Crippen molar-refractivity contribution < 1.29 is 71.0 Å². The van der Waals surface area contributed by atoms with E-state index in [0.717, 1.165) is 78.0 Å². The number of carbonyl (C=O) groups excluding carboxylic acids is 8. The normalized spacial score (nSPS) is 18.6. The summed E-state index contributed by atoms with van der Waals surface area (Å²) >= 11 is 0.951. The summed E-state index contributed by atoms with van der Waals surface area (Å²) in [6.07, 6.45) is 5.89. The van der Waals surface area contributed by atoms with Crippen LogP contribution in [-0.4, -0.2) is 123 Å². The number of piperidine rings is 1. The summed E-state index contributed by atoms with van der Waals surface area (Å²) in [5, 5.41) is 8.10. The van der Waals surface area contributed by atoms with E-state index in [0.29, 0.717) is 34.5 Å².